The van der Waals surface area contributed by atoms with Gasteiger partial charge < -0.3 is 15.2 Å². The summed E-state index contributed by atoms with van der Waals surface area (Å²) in [4.78, 5) is 22.9. The molecule has 0 spiro atoms. The third kappa shape index (κ3) is 3.62. The molecule has 18 heavy (non-hydrogen) atoms. The highest BCUT2D eigenvalue weighted by molar-refractivity contribution is 5.80. The van der Waals surface area contributed by atoms with Crippen LogP contribution < -0.4 is 5.32 Å². The lowest BCUT2D eigenvalue weighted by Gasteiger charge is -2.47. The summed E-state index contributed by atoms with van der Waals surface area (Å²) in [7, 11) is 0. The summed E-state index contributed by atoms with van der Waals surface area (Å²) in [5.41, 5.74) is -0.666. The standard InChI is InChI=1S/C13H23NO4/c1-12(2,3)18-11(17)14-9(10(15)16)8-6-7-13(8,4)5/h8-9H,6-7H2,1-5H3,(H,14,17)(H,15,16)/t8?,9-/m0/s1. The first-order chi connectivity index (χ1) is 8.03. The van der Waals surface area contributed by atoms with E-state index >= 15 is 0 Å². The molecule has 0 aromatic rings. The van der Waals surface area contributed by atoms with Crippen LogP contribution in [-0.2, 0) is 9.53 Å². The summed E-state index contributed by atoms with van der Waals surface area (Å²) in [5.74, 6) is -1.04. The van der Waals surface area contributed by atoms with Crippen molar-refractivity contribution in [2.24, 2.45) is 11.3 Å². The number of alkyl carbamates (subject to hydrolysis) is 1. The first-order valence-electron chi connectivity index (χ1n) is 6.25. The average Bonchev–Trinajstić information content (AvgIpc) is 2.11. The second kappa shape index (κ2) is 4.78. The molecule has 0 saturated heterocycles. The fourth-order valence-electron chi connectivity index (χ4n) is 2.28. The van der Waals surface area contributed by atoms with Gasteiger partial charge in [-0.2, -0.15) is 0 Å². The number of carbonyl (C=O) groups is 2. The summed E-state index contributed by atoms with van der Waals surface area (Å²) < 4.78 is 5.09. The first kappa shape index (κ1) is 14.8. The van der Waals surface area contributed by atoms with Gasteiger partial charge in [0.05, 0.1) is 0 Å². The fourth-order valence-corrected chi connectivity index (χ4v) is 2.28. The van der Waals surface area contributed by atoms with E-state index in [-0.39, 0.29) is 11.3 Å². The first-order valence-corrected chi connectivity index (χ1v) is 6.25. The second-order valence-corrected chi connectivity index (χ2v) is 6.60. The van der Waals surface area contributed by atoms with Crippen molar-refractivity contribution in [3.63, 3.8) is 0 Å². The van der Waals surface area contributed by atoms with Gasteiger partial charge in [0.2, 0.25) is 0 Å². The lowest BCUT2D eigenvalue weighted by atomic mass is 9.59. The number of nitrogens with one attached hydrogen (secondary N) is 1. The Balaban J connectivity index is 2.65. The maximum Gasteiger partial charge on any atom is 0.408 e. The zero-order valence-electron chi connectivity index (χ0n) is 11.7. The van der Waals surface area contributed by atoms with Crippen molar-refractivity contribution in [3.05, 3.63) is 0 Å². The number of ether oxygens (including phenoxy) is 1. The van der Waals surface area contributed by atoms with E-state index in [0.29, 0.717) is 0 Å². The van der Waals surface area contributed by atoms with Crippen LogP contribution in [0.3, 0.4) is 0 Å². The van der Waals surface area contributed by atoms with E-state index in [9.17, 15) is 14.7 Å². The zero-order valence-corrected chi connectivity index (χ0v) is 11.7. The number of aliphatic carboxylic acids is 1. The van der Waals surface area contributed by atoms with Gasteiger partial charge in [0.15, 0.2) is 0 Å². The normalized spacial score (nSPS) is 23.7. The number of amides is 1. The Morgan fingerprint density at radius 1 is 1.39 bits per heavy atom. The molecule has 5 heteroatoms. The van der Waals surface area contributed by atoms with Crippen LogP contribution >= 0.6 is 0 Å². The lowest BCUT2D eigenvalue weighted by molar-refractivity contribution is -0.145. The van der Waals surface area contributed by atoms with Crippen LogP contribution in [0.2, 0.25) is 0 Å². The molecule has 1 rings (SSSR count). The number of hydrogen-bond donors (Lipinski definition) is 2. The number of carboxylic acid groups (broad SMARTS) is 1. The van der Waals surface area contributed by atoms with Crippen LogP contribution in [0.5, 0.6) is 0 Å². The summed E-state index contributed by atoms with van der Waals surface area (Å²) >= 11 is 0. The molecule has 0 aliphatic heterocycles. The average molecular weight is 257 g/mol. The Bertz CT molecular complexity index is 343. The van der Waals surface area contributed by atoms with Gasteiger partial charge in [-0.05, 0) is 44.9 Å². The maximum absolute atomic E-state index is 11.6. The van der Waals surface area contributed by atoms with Crippen molar-refractivity contribution < 1.29 is 19.4 Å². The van der Waals surface area contributed by atoms with Crippen molar-refractivity contribution >= 4 is 12.1 Å². The number of carbonyl (C=O) groups excluding carboxylic acids is 1. The highest BCUT2D eigenvalue weighted by atomic mass is 16.6. The van der Waals surface area contributed by atoms with Crippen molar-refractivity contribution in [1.29, 1.82) is 0 Å². The molecule has 1 aliphatic rings. The van der Waals surface area contributed by atoms with Gasteiger partial charge >= 0.3 is 12.1 Å². The largest absolute Gasteiger partial charge is 0.480 e. The number of rotatable bonds is 3. The van der Waals surface area contributed by atoms with Gasteiger partial charge in [-0.15, -0.1) is 0 Å². The Kier molecular flexibility index (Phi) is 3.93. The minimum atomic E-state index is -1.00. The van der Waals surface area contributed by atoms with Gasteiger partial charge in [-0.1, -0.05) is 13.8 Å². The summed E-state index contributed by atoms with van der Waals surface area (Å²) in [5, 5.41) is 11.7. The van der Waals surface area contributed by atoms with Crippen LogP contribution in [0, 0.1) is 11.3 Å². The van der Waals surface area contributed by atoms with E-state index in [0.717, 1.165) is 12.8 Å². The molecule has 104 valence electrons. The fraction of sp³-hybridized carbons (Fsp3) is 0.846. The van der Waals surface area contributed by atoms with Crippen LogP contribution in [0.25, 0.3) is 0 Å². The minimum Gasteiger partial charge on any atom is -0.480 e. The third-order valence-corrected chi connectivity index (χ3v) is 3.44. The predicted octanol–water partition coefficient (Wildman–Crippen LogP) is 2.40. The van der Waals surface area contributed by atoms with Gasteiger partial charge in [0.25, 0.3) is 0 Å². The SMILES string of the molecule is CC(C)(C)OC(=O)N[C@H](C(=O)O)C1CCC1(C)C. The highest BCUT2D eigenvalue weighted by Crippen LogP contribution is 2.47. The van der Waals surface area contributed by atoms with Crippen LogP contribution in [0.15, 0.2) is 0 Å². The quantitative estimate of drug-likeness (QED) is 0.814. The molecule has 1 amide bonds. The van der Waals surface area contributed by atoms with E-state index in [2.05, 4.69) is 5.32 Å². The molecule has 0 heterocycles. The van der Waals surface area contributed by atoms with Gasteiger partial charge in [0.1, 0.15) is 11.6 Å². The van der Waals surface area contributed by atoms with E-state index in [1.807, 2.05) is 13.8 Å². The predicted molar refractivity (Wildman–Crippen MR) is 67.3 cm³/mol. The molecule has 0 radical (unpaired) electrons. The Morgan fingerprint density at radius 3 is 2.22 bits per heavy atom. The van der Waals surface area contributed by atoms with E-state index in [1.54, 1.807) is 20.8 Å². The molecule has 2 N–H and O–H groups in total. The van der Waals surface area contributed by atoms with Crippen LogP contribution in [0.4, 0.5) is 4.79 Å². The summed E-state index contributed by atoms with van der Waals surface area (Å²) in [6.07, 6.45) is 1.13. The van der Waals surface area contributed by atoms with Crippen molar-refractivity contribution in [3.8, 4) is 0 Å². The molecule has 1 unspecified atom stereocenters. The summed E-state index contributed by atoms with van der Waals surface area (Å²) in [6, 6.07) is -0.872. The monoisotopic (exact) mass is 257 g/mol. The molecule has 1 saturated carbocycles. The Morgan fingerprint density at radius 2 is 1.94 bits per heavy atom. The van der Waals surface area contributed by atoms with Gasteiger partial charge in [-0.3, -0.25) is 0 Å². The molecule has 0 bridgehead atoms. The van der Waals surface area contributed by atoms with E-state index in [4.69, 9.17) is 4.74 Å². The molecule has 2 atom stereocenters. The van der Waals surface area contributed by atoms with Crippen molar-refractivity contribution in [2.75, 3.05) is 0 Å². The molecular formula is C13H23NO4. The molecule has 1 aliphatic carbocycles. The Labute approximate surface area is 108 Å². The minimum absolute atomic E-state index is 0.0393. The van der Waals surface area contributed by atoms with E-state index < -0.39 is 23.7 Å². The van der Waals surface area contributed by atoms with Gasteiger partial charge in [0, 0.05) is 0 Å². The molecule has 5 nitrogen and oxygen atoms in total. The summed E-state index contributed by atoms with van der Waals surface area (Å²) in [6.45, 7) is 9.28. The molecule has 1 fully saturated rings. The maximum atomic E-state index is 11.6. The third-order valence-electron chi connectivity index (χ3n) is 3.44. The van der Waals surface area contributed by atoms with Crippen molar-refractivity contribution in [1.82, 2.24) is 5.32 Å². The second-order valence-electron chi connectivity index (χ2n) is 6.60. The van der Waals surface area contributed by atoms with Crippen LogP contribution in [-0.4, -0.2) is 28.8 Å². The van der Waals surface area contributed by atoms with E-state index in [1.165, 1.54) is 0 Å². The van der Waals surface area contributed by atoms with Crippen molar-refractivity contribution in [2.45, 2.75) is 59.1 Å². The topological polar surface area (TPSA) is 75.6 Å². The zero-order chi connectivity index (χ0) is 14.1. The highest BCUT2D eigenvalue weighted by Gasteiger charge is 2.47. The number of hydrogen-bond acceptors (Lipinski definition) is 3. The lowest BCUT2D eigenvalue weighted by Crippen LogP contribution is -2.55. The Hall–Kier alpha value is -1.26. The van der Waals surface area contributed by atoms with Gasteiger partial charge in [-0.25, -0.2) is 9.59 Å². The molecule has 0 aromatic heterocycles. The molecular weight excluding hydrogens is 234 g/mol. The van der Waals surface area contributed by atoms with Crippen LogP contribution in [0.1, 0.15) is 47.5 Å². The number of carboxylic acids is 1. The molecule has 0 aromatic carbocycles. The smallest absolute Gasteiger partial charge is 0.408 e.